The van der Waals surface area contributed by atoms with Crippen LogP contribution < -0.4 is 14.8 Å². The zero-order valence-electron chi connectivity index (χ0n) is 14.3. The molecule has 0 radical (unpaired) electrons. The van der Waals surface area contributed by atoms with Crippen LogP contribution in [0.1, 0.15) is 26.3 Å². The van der Waals surface area contributed by atoms with Gasteiger partial charge in [-0.25, -0.2) is 0 Å². The van der Waals surface area contributed by atoms with Gasteiger partial charge in [-0.3, -0.25) is 0 Å². The average Bonchev–Trinajstić information content (AvgIpc) is 2.55. The fraction of sp³-hybridized carbons (Fsp3) is 0.412. The van der Waals surface area contributed by atoms with Gasteiger partial charge in [-0.05, 0) is 36.8 Å². The summed E-state index contributed by atoms with van der Waals surface area (Å²) in [4.78, 5) is 0. The summed E-state index contributed by atoms with van der Waals surface area (Å²) in [6.45, 7) is 3.90. The van der Waals surface area contributed by atoms with Crippen molar-refractivity contribution >= 4 is 17.6 Å². The molecule has 1 heterocycles. The highest BCUT2D eigenvalue weighted by Gasteiger charge is 2.11. The average molecular weight is 369 g/mol. The molecule has 0 bridgehead atoms. The molecule has 25 heavy (non-hydrogen) atoms. The number of thioether (sulfide) groups is 1. The summed E-state index contributed by atoms with van der Waals surface area (Å²) in [5, 5.41) is 12.7. The Bertz CT molecular complexity index is 669. The highest BCUT2D eigenvalue weighted by atomic mass is 32.2. The van der Waals surface area contributed by atoms with E-state index in [-0.39, 0.29) is 11.5 Å². The fourth-order valence-electron chi connectivity index (χ4n) is 2.04. The summed E-state index contributed by atoms with van der Waals surface area (Å²) in [6.07, 6.45) is 0. The van der Waals surface area contributed by atoms with E-state index >= 15 is 0 Å². The molecule has 0 spiro atoms. The number of hydrogen-bond acceptors (Lipinski definition) is 6. The van der Waals surface area contributed by atoms with E-state index in [2.05, 4.69) is 34.1 Å². The van der Waals surface area contributed by atoms with Crippen LogP contribution in [-0.2, 0) is 6.54 Å². The largest absolute Gasteiger partial charge is 0.490 e. The van der Waals surface area contributed by atoms with Crippen molar-refractivity contribution < 1.29 is 18.3 Å². The Hall–Kier alpha value is -2.09. The third-order valence-electron chi connectivity index (χ3n) is 2.99. The van der Waals surface area contributed by atoms with Crippen LogP contribution in [0.25, 0.3) is 0 Å². The van der Waals surface area contributed by atoms with Crippen molar-refractivity contribution in [2.45, 2.75) is 44.2 Å². The Morgan fingerprint density at radius 2 is 1.92 bits per heavy atom. The van der Waals surface area contributed by atoms with E-state index in [0.29, 0.717) is 24.2 Å². The molecular weight excluding hydrogens is 348 g/mol. The Labute approximate surface area is 150 Å². The van der Waals surface area contributed by atoms with E-state index in [1.54, 1.807) is 30.8 Å². The molecule has 0 amide bonds. The first-order valence-electron chi connectivity index (χ1n) is 7.92. The van der Waals surface area contributed by atoms with Crippen LogP contribution >= 0.6 is 11.8 Å². The zero-order valence-corrected chi connectivity index (χ0v) is 15.1. The van der Waals surface area contributed by atoms with Gasteiger partial charge in [-0.15, -0.1) is 22.0 Å². The maximum Gasteiger partial charge on any atom is 0.387 e. The van der Waals surface area contributed by atoms with Crippen LogP contribution in [0, 0.1) is 0 Å². The van der Waals surface area contributed by atoms with Crippen molar-refractivity contribution in [3.8, 4) is 11.5 Å². The maximum atomic E-state index is 12.4. The second-order valence-electron chi connectivity index (χ2n) is 5.37. The number of anilines is 1. The van der Waals surface area contributed by atoms with Crippen molar-refractivity contribution in [2.75, 3.05) is 11.9 Å². The monoisotopic (exact) mass is 369 g/mol. The predicted molar refractivity (Wildman–Crippen MR) is 94.6 cm³/mol. The van der Waals surface area contributed by atoms with E-state index in [9.17, 15) is 8.78 Å². The number of halogens is 2. The summed E-state index contributed by atoms with van der Waals surface area (Å²) in [5.74, 6) is 0.950. The first-order valence-corrected chi connectivity index (χ1v) is 8.80. The van der Waals surface area contributed by atoms with E-state index in [4.69, 9.17) is 4.74 Å². The summed E-state index contributed by atoms with van der Waals surface area (Å²) in [5.41, 5.74) is 0.854. The quantitative estimate of drug-likeness (QED) is 0.653. The van der Waals surface area contributed by atoms with Gasteiger partial charge in [0.25, 0.3) is 0 Å². The molecule has 0 aliphatic carbocycles. The van der Waals surface area contributed by atoms with Crippen molar-refractivity contribution in [2.24, 2.45) is 0 Å². The molecule has 1 aromatic carbocycles. The number of aromatic nitrogens is 2. The molecule has 0 aliphatic rings. The highest BCUT2D eigenvalue weighted by Crippen LogP contribution is 2.30. The summed E-state index contributed by atoms with van der Waals surface area (Å²) >= 11 is 1.64. The van der Waals surface area contributed by atoms with Crippen LogP contribution in [0.5, 0.6) is 11.5 Å². The lowest BCUT2D eigenvalue weighted by Crippen LogP contribution is -2.06. The van der Waals surface area contributed by atoms with Gasteiger partial charge in [-0.1, -0.05) is 19.9 Å². The van der Waals surface area contributed by atoms with Crippen LogP contribution in [0.3, 0.4) is 0 Å². The molecule has 0 aliphatic heterocycles. The number of nitrogens with one attached hydrogen (secondary N) is 1. The Morgan fingerprint density at radius 1 is 1.12 bits per heavy atom. The first kappa shape index (κ1) is 19.2. The van der Waals surface area contributed by atoms with E-state index < -0.39 is 6.61 Å². The van der Waals surface area contributed by atoms with Crippen molar-refractivity contribution in [1.82, 2.24) is 10.2 Å². The second kappa shape index (κ2) is 9.41. The molecule has 5 nitrogen and oxygen atoms in total. The van der Waals surface area contributed by atoms with Crippen LogP contribution in [-0.4, -0.2) is 28.7 Å². The number of rotatable bonds is 9. The van der Waals surface area contributed by atoms with Gasteiger partial charge >= 0.3 is 6.61 Å². The van der Waals surface area contributed by atoms with Crippen LogP contribution in [0.2, 0.25) is 0 Å². The van der Waals surface area contributed by atoms with Gasteiger partial charge in [0.1, 0.15) is 10.8 Å². The molecule has 1 N–H and O–H groups in total. The SMILES string of the molecule is CCOc1cc(CNc2ccc(SC(C)C)nn2)ccc1OC(F)F. The second-order valence-corrected chi connectivity index (χ2v) is 6.97. The maximum absolute atomic E-state index is 12.4. The van der Waals surface area contributed by atoms with Gasteiger partial charge in [0.2, 0.25) is 0 Å². The smallest absolute Gasteiger partial charge is 0.387 e. The topological polar surface area (TPSA) is 56.3 Å². The van der Waals surface area contributed by atoms with Crippen molar-refractivity contribution in [3.63, 3.8) is 0 Å². The van der Waals surface area contributed by atoms with Gasteiger partial charge in [0.15, 0.2) is 11.5 Å². The highest BCUT2D eigenvalue weighted by molar-refractivity contribution is 7.99. The van der Waals surface area contributed by atoms with Crippen molar-refractivity contribution in [1.29, 1.82) is 0 Å². The number of ether oxygens (including phenoxy) is 2. The number of alkyl halides is 2. The van der Waals surface area contributed by atoms with Gasteiger partial charge in [0.05, 0.1) is 6.61 Å². The van der Waals surface area contributed by atoms with E-state index in [1.165, 1.54) is 6.07 Å². The molecule has 0 atom stereocenters. The number of hydrogen-bond donors (Lipinski definition) is 1. The first-order chi connectivity index (χ1) is 12.0. The number of benzene rings is 1. The summed E-state index contributed by atoms with van der Waals surface area (Å²) in [6, 6.07) is 8.61. The molecule has 0 unspecified atom stereocenters. The lowest BCUT2D eigenvalue weighted by molar-refractivity contribution is -0.0514. The molecular formula is C17H21F2N3O2S. The minimum atomic E-state index is -2.89. The predicted octanol–water partition coefficient (Wildman–Crippen LogP) is 4.59. The zero-order chi connectivity index (χ0) is 18.2. The Kier molecular flexibility index (Phi) is 7.24. The van der Waals surface area contributed by atoms with Crippen LogP contribution in [0.4, 0.5) is 14.6 Å². The van der Waals surface area contributed by atoms with Crippen molar-refractivity contribution in [3.05, 3.63) is 35.9 Å². The molecule has 2 aromatic rings. The standard InChI is InChI=1S/C17H21F2N3O2S/c1-4-23-14-9-12(5-6-13(14)24-17(18)19)10-20-15-7-8-16(22-21-15)25-11(2)3/h5-9,11,17H,4,10H2,1-3H3,(H,20,21). The summed E-state index contributed by atoms with van der Waals surface area (Å²) in [7, 11) is 0. The molecule has 0 fully saturated rings. The third-order valence-corrected chi connectivity index (χ3v) is 3.92. The Morgan fingerprint density at radius 3 is 2.52 bits per heavy atom. The van der Waals surface area contributed by atoms with Gasteiger partial charge in [0, 0.05) is 11.8 Å². The molecule has 8 heteroatoms. The molecule has 0 saturated heterocycles. The molecule has 136 valence electrons. The minimum Gasteiger partial charge on any atom is -0.490 e. The molecule has 1 aromatic heterocycles. The summed E-state index contributed by atoms with van der Waals surface area (Å²) < 4.78 is 34.7. The Balaban J connectivity index is 2.01. The third kappa shape index (κ3) is 6.38. The number of nitrogens with zero attached hydrogens (tertiary/aromatic N) is 2. The molecule has 0 saturated carbocycles. The lowest BCUT2D eigenvalue weighted by atomic mass is 10.2. The van der Waals surface area contributed by atoms with E-state index in [1.807, 2.05) is 12.1 Å². The van der Waals surface area contributed by atoms with Gasteiger partial charge in [-0.2, -0.15) is 8.78 Å². The fourth-order valence-corrected chi connectivity index (χ4v) is 2.75. The molecule has 2 rings (SSSR count). The normalized spacial score (nSPS) is 11.0. The van der Waals surface area contributed by atoms with Gasteiger partial charge < -0.3 is 14.8 Å². The van der Waals surface area contributed by atoms with E-state index in [0.717, 1.165) is 10.6 Å². The minimum absolute atomic E-state index is 0.0236. The lowest BCUT2D eigenvalue weighted by Gasteiger charge is -2.13. The van der Waals surface area contributed by atoms with Crippen LogP contribution in [0.15, 0.2) is 35.4 Å².